The first-order valence-corrected chi connectivity index (χ1v) is 15.6. The molecule has 4 atom stereocenters. The van der Waals surface area contributed by atoms with Crippen molar-refractivity contribution in [1.29, 1.82) is 0 Å². The predicted molar refractivity (Wildman–Crippen MR) is 169 cm³/mol. The van der Waals surface area contributed by atoms with Gasteiger partial charge in [0, 0.05) is 30.4 Å². The number of nitrogens with one attached hydrogen (secondary N) is 1. The number of aliphatic hydroxyl groups excluding tert-OH is 1. The summed E-state index contributed by atoms with van der Waals surface area (Å²) in [7, 11) is 0.895. The number of hydrogen-bond donors (Lipinski definition) is 3. The molecule has 0 aromatic heterocycles. The molecule has 0 bridgehead atoms. The molecule has 3 N–H and O–H groups in total. The molecule has 0 amide bonds. The predicted octanol–water partition coefficient (Wildman–Crippen LogP) is 4.27. The molecular formula is C33H39F3N4O8. The summed E-state index contributed by atoms with van der Waals surface area (Å²) in [4.78, 5) is 43.2. The largest absolute Gasteiger partial charge is 0.491 e. The van der Waals surface area contributed by atoms with E-state index < -0.39 is 69.2 Å². The van der Waals surface area contributed by atoms with Gasteiger partial charge in [0.05, 0.1) is 23.0 Å². The average molecular weight is 677 g/mol. The summed E-state index contributed by atoms with van der Waals surface area (Å²) in [6, 6.07) is 12.8. The zero-order valence-corrected chi connectivity index (χ0v) is 26.6. The number of nitrogens with zero attached hydrogens (tertiary/aromatic N) is 3. The molecule has 2 aromatic rings. The summed E-state index contributed by atoms with van der Waals surface area (Å²) in [6.45, 7) is 2.46. The summed E-state index contributed by atoms with van der Waals surface area (Å²) >= 11 is 0. The molecule has 4 rings (SSSR count). The van der Waals surface area contributed by atoms with E-state index in [0.717, 1.165) is 26.2 Å². The minimum atomic E-state index is -5.19. The lowest BCUT2D eigenvalue weighted by Crippen LogP contribution is -2.63. The molecule has 0 saturated carbocycles. The number of aliphatic imine (C=N–C) groups is 1. The average Bonchev–Trinajstić information content (AvgIpc) is 3.06. The molecular weight excluding hydrogens is 637 g/mol. The van der Waals surface area contributed by atoms with E-state index in [1.54, 1.807) is 12.1 Å². The molecule has 2 heterocycles. The SMILES string of the molecule is COC(=O)C1=C(C(F)(F)F)N=C(C)C(C(=O)O)C1(c1cccc([N+](=O)[O-])c1)C1CCCCN1CCCNCC(O)COc1ccccc1. The number of hydrogen-bond acceptors (Lipinski definition) is 10. The number of aliphatic hydroxyl groups is 1. The van der Waals surface area contributed by atoms with Gasteiger partial charge in [-0.1, -0.05) is 36.8 Å². The number of methoxy groups -OCH3 is 1. The van der Waals surface area contributed by atoms with Crippen LogP contribution < -0.4 is 10.1 Å². The van der Waals surface area contributed by atoms with Crippen molar-refractivity contribution in [2.24, 2.45) is 10.9 Å². The van der Waals surface area contributed by atoms with Crippen LogP contribution in [-0.2, 0) is 19.7 Å². The van der Waals surface area contributed by atoms with Crippen molar-refractivity contribution in [3.63, 3.8) is 0 Å². The van der Waals surface area contributed by atoms with Gasteiger partial charge in [0.15, 0.2) is 5.70 Å². The number of esters is 1. The maximum Gasteiger partial charge on any atom is 0.433 e. The van der Waals surface area contributed by atoms with Gasteiger partial charge in [-0.15, -0.1) is 0 Å². The van der Waals surface area contributed by atoms with Crippen LogP contribution in [0.1, 0.15) is 38.2 Å². The Morgan fingerprint density at radius 2 is 1.92 bits per heavy atom. The molecule has 0 spiro atoms. The van der Waals surface area contributed by atoms with E-state index in [1.807, 2.05) is 23.1 Å². The number of alkyl halides is 3. The molecule has 1 saturated heterocycles. The molecule has 2 aliphatic rings. The molecule has 4 unspecified atom stereocenters. The van der Waals surface area contributed by atoms with Crippen LogP contribution in [-0.4, -0.2) is 95.9 Å². The minimum Gasteiger partial charge on any atom is -0.491 e. The number of allylic oxidation sites excluding steroid dienone is 1. The highest BCUT2D eigenvalue weighted by molar-refractivity contribution is 6.08. The number of carboxylic acids is 1. The van der Waals surface area contributed by atoms with Gasteiger partial charge in [0.1, 0.15) is 24.4 Å². The normalized spacial score (nSPS) is 22.5. The number of nitro groups is 1. The quantitative estimate of drug-likeness (QED) is 0.114. The standard InChI is InChI=1S/C33H39F3N4O8/c1-21-27(30(42)43)32(22-10-8-11-23(18-22)40(45)46,28(31(44)47-2)29(38-21)33(34,35)36)26-14-6-7-16-39(26)17-9-15-37-19-24(41)20-48-25-12-4-3-5-13-25/h3-5,8,10-13,18,24,26-27,37,41H,6-7,9,14-17,19-20H2,1-2H3,(H,42,43). The van der Waals surface area contributed by atoms with Crippen molar-refractivity contribution < 1.29 is 47.4 Å². The van der Waals surface area contributed by atoms with Crippen LogP contribution in [0.5, 0.6) is 5.75 Å². The van der Waals surface area contributed by atoms with Crippen molar-refractivity contribution in [2.45, 2.75) is 56.3 Å². The van der Waals surface area contributed by atoms with Crippen LogP contribution in [0.4, 0.5) is 18.9 Å². The van der Waals surface area contributed by atoms with Gasteiger partial charge >= 0.3 is 18.1 Å². The second-order valence-corrected chi connectivity index (χ2v) is 11.8. The third-order valence-corrected chi connectivity index (χ3v) is 8.76. The Labute approximate surface area is 275 Å². The zero-order valence-electron chi connectivity index (χ0n) is 26.6. The number of carbonyl (C=O) groups is 2. The molecule has 260 valence electrons. The summed E-state index contributed by atoms with van der Waals surface area (Å²) in [6.07, 6.45) is -4.22. The van der Waals surface area contributed by atoms with Crippen molar-refractivity contribution in [1.82, 2.24) is 10.2 Å². The number of likely N-dealkylation sites (tertiary alicyclic amines) is 1. The van der Waals surface area contributed by atoms with Gasteiger partial charge in [0.25, 0.3) is 5.69 Å². The number of benzene rings is 2. The van der Waals surface area contributed by atoms with E-state index >= 15 is 0 Å². The summed E-state index contributed by atoms with van der Waals surface area (Å²) in [5.41, 5.74) is -5.84. The zero-order chi connectivity index (χ0) is 35.1. The van der Waals surface area contributed by atoms with Crippen molar-refractivity contribution >= 4 is 23.3 Å². The number of ether oxygens (including phenoxy) is 2. The fourth-order valence-corrected chi connectivity index (χ4v) is 6.87. The van der Waals surface area contributed by atoms with Crippen molar-refractivity contribution in [2.75, 3.05) is 39.9 Å². The lowest BCUT2D eigenvalue weighted by atomic mass is 9.56. The van der Waals surface area contributed by atoms with Crippen LogP contribution in [0, 0.1) is 16.0 Å². The van der Waals surface area contributed by atoms with Gasteiger partial charge in [-0.05, 0) is 63.5 Å². The molecule has 0 radical (unpaired) electrons. The third-order valence-electron chi connectivity index (χ3n) is 8.76. The summed E-state index contributed by atoms with van der Waals surface area (Å²) in [5, 5.41) is 36.0. The maximum atomic E-state index is 14.7. The molecule has 12 nitrogen and oxygen atoms in total. The van der Waals surface area contributed by atoms with Crippen LogP contribution in [0.15, 0.2) is 70.9 Å². The Kier molecular flexibility index (Phi) is 11.9. The number of piperidine rings is 1. The number of carboxylic acid groups (broad SMARTS) is 1. The fourth-order valence-electron chi connectivity index (χ4n) is 6.87. The lowest BCUT2D eigenvalue weighted by molar-refractivity contribution is -0.385. The second kappa shape index (κ2) is 15.7. The third kappa shape index (κ3) is 7.85. The molecule has 0 aliphatic carbocycles. The minimum absolute atomic E-state index is 0.0542. The Morgan fingerprint density at radius 1 is 1.19 bits per heavy atom. The van der Waals surface area contributed by atoms with Crippen LogP contribution in [0.25, 0.3) is 0 Å². The fraction of sp³-hybridized carbons (Fsp3) is 0.485. The number of nitro benzene ring substituents is 1. The van der Waals surface area contributed by atoms with E-state index in [-0.39, 0.29) is 31.7 Å². The van der Waals surface area contributed by atoms with E-state index in [9.17, 15) is 43.1 Å². The number of para-hydroxylation sites is 1. The Hall–Kier alpha value is -4.34. The number of aliphatic carboxylic acids is 1. The summed E-state index contributed by atoms with van der Waals surface area (Å²) in [5.74, 6) is -4.13. The summed E-state index contributed by atoms with van der Waals surface area (Å²) < 4.78 is 54.7. The number of halogens is 3. The van der Waals surface area contributed by atoms with Crippen molar-refractivity contribution in [3.8, 4) is 5.75 Å². The van der Waals surface area contributed by atoms with Crippen LogP contribution in [0.3, 0.4) is 0 Å². The van der Waals surface area contributed by atoms with Crippen LogP contribution >= 0.6 is 0 Å². The van der Waals surface area contributed by atoms with Gasteiger partial charge in [-0.2, -0.15) is 13.2 Å². The van der Waals surface area contributed by atoms with Gasteiger partial charge in [-0.3, -0.25) is 24.8 Å². The molecule has 15 heteroatoms. The van der Waals surface area contributed by atoms with Gasteiger partial charge < -0.3 is 25.0 Å². The van der Waals surface area contributed by atoms with E-state index in [1.165, 1.54) is 12.1 Å². The maximum absolute atomic E-state index is 14.7. The molecule has 48 heavy (non-hydrogen) atoms. The first-order chi connectivity index (χ1) is 22.8. The Balaban J connectivity index is 1.72. The molecule has 2 aromatic carbocycles. The Bertz CT molecular complexity index is 1530. The first-order valence-electron chi connectivity index (χ1n) is 15.6. The van der Waals surface area contributed by atoms with Crippen molar-refractivity contribution in [3.05, 3.63) is 81.5 Å². The van der Waals surface area contributed by atoms with E-state index in [0.29, 0.717) is 38.1 Å². The Morgan fingerprint density at radius 3 is 2.56 bits per heavy atom. The molecule has 1 fully saturated rings. The van der Waals surface area contributed by atoms with E-state index in [4.69, 9.17) is 9.47 Å². The smallest absolute Gasteiger partial charge is 0.433 e. The van der Waals surface area contributed by atoms with Crippen LogP contribution in [0.2, 0.25) is 0 Å². The monoisotopic (exact) mass is 676 g/mol. The topological polar surface area (TPSA) is 164 Å². The van der Waals surface area contributed by atoms with Gasteiger partial charge in [-0.25, -0.2) is 4.79 Å². The highest BCUT2D eigenvalue weighted by Crippen LogP contribution is 2.54. The number of rotatable bonds is 14. The lowest BCUT2D eigenvalue weighted by Gasteiger charge is -2.53. The highest BCUT2D eigenvalue weighted by Gasteiger charge is 2.63. The van der Waals surface area contributed by atoms with E-state index in [2.05, 4.69) is 10.3 Å². The number of carbonyl (C=O) groups excluding carboxylic acids is 1. The highest BCUT2D eigenvalue weighted by atomic mass is 19.4. The van der Waals surface area contributed by atoms with Gasteiger partial charge in [0.2, 0.25) is 0 Å². The number of non-ortho nitro benzene ring substituents is 1. The second-order valence-electron chi connectivity index (χ2n) is 11.8. The molecule has 2 aliphatic heterocycles. The first kappa shape index (κ1) is 36.5.